The number of carbonyl (C=O) groups is 2. The average Bonchev–Trinajstić information content (AvgIpc) is 3.46. The molecule has 9 rings (SSSR count). The third-order valence-electron chi connectivity index (χ3n) is 20.5. The first-order chi connectivity index (χ1) is 35.7. The molecule has 20 nitrogen and oxygen atoms in total. The molecule has 3 aliphatic heterocycles. The van der Waals surface area contributed by atoms with E-state index in [-0.39, 0.29) is 52.3 Å². The molecule has 7 fully saturated rings. The summed E-state index contributed by atoms with van der Waals surface area (Å²) in [5, 5.41) is 118. The minimum Gasteiger partial charge on any atom is -0.462 e. The molecule has 1 aromatic carbocycles. The number of aliphatic hydroxyl groups is 11. The predicted octanol–water partition coefficient (Wildman–Crippen LogP) is 1.37. The quantitative estimate of drug-likeness (QED) is 0.0847. The number of esters is 2. The van der Waals surface area contributed by atoms with E-state index in [1.165, 1.54) is 30.3 Å². The maximum absolute atomic E-state index is 15.5. The molecule has 5 aliphatic carbocycles. The largest absolute Gasteiger partial charge is 0.462 e. The van der Waals surface area contributed by atoms with Crippen molar-refractivity contribution >= 4 is 18.0 Å². The van der Waals surface area contributed by atoms with Gasteiger partial charge >= 0.3 is 11.9 Å². The van der Waals surface area contributed by atoms with E-state index in [0.29, 0.717) is 24.3 Å². The molecular formula is C56H82O20. The van der Waals surface area contributed by atoms with Crippen LogP contribution in [0, 0.1) is 50.2 Å². The van der Waals surface area contributed by atoms with Crippen LogP contribution < -0.4 is 4.74 Å². The third kappa shape index (κ3) is 9.59. The Hall–Kier alpha value is -3.16. The average molecular weight is 1080 g/mol. The van der Waals surface area contributed by atoms with Crippen LogP contribution in [-0.2, 0) is 38.0 Å². The van der Waals surface area contributed by atoms with Crippen molar-refractivity contribution in [3.05, 3.63) is 47.6 Å². The molecule has 426 valence electrons. The number of hydrogen-bond donors (Lipinski definition) is 11. The topological polar surface area (TPSA) is 321 Å². The number of carbonyl (C=O) groups excluding carboxylic acids is 2. The van der Waals surface area contributed by atoms with E-state index in [4.69, 9.17) is 33.2 Å². The first-order valence-electron chi connectivity index (χ1n) is 27.2. The standard InChI is InChI=1S/C56H82O20/c1-51(2)20-21-56(30(22-51)29-13-14-35-53(5)18-17-36(60)52(3,4)34(53)16-19-54(35,6)55(29,7)23-37(56)61)50(69)76-49-46(45(31(59)26-70-49)75-48-44(68)42(66)40(64)33(25-58)73-48)74-38(62)15-10-27-8-11-28(12-9-27)71-47-43(67)41(65)39(63)32(24-57)72-47/h8-13,15,30-37,39-49,57-61,63-68H,14,16-26H2,1-7H3. The highest BCUT2D eigenvalue weighted by molar-refractivity contribution is 5.87. The maximum atomic E-state index is 15.5. The highest BCUT2D eigenvalue weighted by Crippen LogP contribution is 2.76. The summed E-state index contributed by atoms with van der Waals surface area (Å²) in [7, 11) is 0. The van der Waals surface area contributed by atoms with Crippen molar-refractivity contribution < 1.29 is 98.9 Å². The van der Waals surface area contributed by atoms with Gasteiger partial charge < -0.3 is 89.3 Å². The second-order valence-corrected chi connectivity index (χ2v) is 25.4. The van der Waals surface area contributed by atoms with Crippen LogP contribution in [0.5, 0.6) is 5.75 Å². The molecule has 0 radical (unpaired) electrons. The van der Waals surface area contributed by atoms with E-state index in [1.54, 1.807) is 0 Å². The van der Waals surface area contributed by atoms with E-state index in [1.807, 2.05) is 0 Å². The summed E-state index contributed by atoms with van der Waals surface area (Å²) < 4.78 is 41.2. The fourth-order valence-electron chi connectivity index (χ4n) is 15.7. The number of hydrogen-bond acceptors (Lipinski definition) is 20. The van der Waals surface area contributed by atoms with Gasteiger partial charge in [-0.1, -0.05) is 72.2 Å². The van der Waals surface area contributed by atoms with Crippen LogP contribution in [0.15, 0.2) is 42.0 Å². The first kappa shape index (κ1) is 57.5. The summed E-state index contributed by atoms with van der Waals surface area (Å²) in [5.74, 6) is -1.56. The smallest absolute Gasteiger partial charge is 0.331 e. The molecule has 4 saturated carbocycles. The molecule has 0 amide bonds. The zero-order valence-electron chi connectivity index (χ0n) is 44.6. The first-order valence-corrected chi connectivity index (χ1v) is 27.2. The highest BCUT2D eigenvalue weighted by Gasteiger charge is 2.72. The Labute approximate surface area is 443 Å². The summed E-state index contributed by atoms with van der Waals surface area (Å²) in [5.41, 5.74) is -1.23. The minimum absolute atomic E-state index is 0.0660. The summed E-state index contributed by atoms with van der Waals surface area (Å²) in [4.78, 5) is 29.4. The van der Waals surface area contributed by atoms with Crippen molar-refractivity contribution in [3.8, 4) is 5.75 Å². The van der Waals surface area contributed by atoms with Crippen molar-refractivity contribution in [2.45, 2.75) is 204 Å². The van der Waals surface area contributed by atoms with Crippen LogP contribution in [0.3, 0.4) is 0 Å². The molecule has 0 spiro atoms. The predicted molar refractivity (Wildman–Crippen MR) is 267 cm³/mol. The summed E-state index contributed by atoms with van der Waals surface area (Å²) >= 11 is 0. The van der Waals surface area contributed by atoms with Crippen molar-refractivity contribution in [2.24, 2.45) is 50.2 Å². The minimum atomic E-state index is -1.92. The molecule has 3 heterocycles. The lowest BCUT2D eigenvalue weighted by molar-refractivity contribution is -0.347. The van der Waals surface area contributed by atoms with Crippen molar-refractivity contribution in [1.29, 1.82) is 0 Å². The number of aliphatic hydroxyl groups excluding tert-OH is 11. The van der Waals surface area contributed by atoms with E-state index in [2.05, 4.69) is 54.5 Å². The number of allylic oxidation sites excluding steroid dienone is 2. The van der Waals surface area contributed by atoms with Gasteiger partial charge in [0.15, 0.2) is 12.4 Å². The number of benzene rings is 1. The van der Waals surface area contributed by atoms with E-state index >= 15 is 4.79 Å². The van der Waals surface area contributed by atoms with Gasteiger partial charge in [0.1, 0.15) is 72.2 Å². The Bertz CT molecular complexity index is 2320. The highest BCUT2D eigenvalue weighted by atomic mass is 16.8. The number of ether oxygens (including phenoxy) is 7. The van der Waals surface area contributed by atoms with Crippen LogP contribution in [0.25, 0.3) is 6.08 Å². The zero-order valence-corrected chi connectivity index (χ0v) is 44.6. The monoisotopic (exact) mass is 1070 g/mol. The lowest BCUT2D eigenvalue weighted by atomic mass is 9.33. The van der Waals surface area contributed by atoms with Gasteiger partial charge in [-0.25, -0.2) is 4.79 Å². The fraction of sp³-hybridized carbons (Fsp3) is 0.786. The number of rotatable bonds is 11. The van der Waals surface area contributed by atoms with Gasteiger partial charge in [0.25, 0.3) is 0 Å². The van der Waals surface area contributed by atoms with E-state index < -0.39 is 141 Å². The van der Waals surface area contributed by atoms with Crippen molar-refractivity contribution in [3.63, 3.8) is 0 Å². The molecular weight excluding hydrogens is 993 g/mol. The molecule has 8 aliphatic rings. The van der Waals surface area contributed by atoms with Gasteiger partial charge in [0, 0.05) is 6.08 Å². The lowest BCUT2D eigenvalue weighted by Crippen LogP contribution is -2.68. The maximum Gasteiger partial charge on any atom is 0.331 e. The van der Waals surface area contributed by atoms with Gasteiger partial charge in [-0.2, -0.15) is 0 Å². The van der Waals surface area contributed by atoms with Crippen LogP contribution in [0.2, 0.25) is 0 Å². The van der Waals surface area contributed by atoms with Crippen molar-refractivity contribution in [2.75, 3.05) is 19.8 Å². The summed E-state index contributed by atoms with van der Waals surface area (Å²) in [6.07, 6.45) is -14.0. The van der Waals surface area contributed by atoms with Gasteiger partial charge in [0.2, 0.25) is 12.6 Å². The van der Waals surface area contributed by atoms with Gasteiger partial charge in [-0.3, -0.25) is 4.79 Å². The van der Waals surface area contributed by atoms with Crippen LogP contribution in [0.1, 0.15) is 112 Å². The lowest BCUT2D eigenvalue weighted by Gasteiger charge is -2.71. The Kier molecular flexibility index (Phi) is 15.9. The Morgan fingerprint density at radius 2 is 1.30 bits per heavy atom. The molecule has 76 heavy (non-hydrogen) atoms. The van der Waals surface area contributed by atoms with Gasteiger partial charge in [-0.05, 0) is 126 Å². The molecule has 3 saturated heterocycles. The Balaban J connectivity index is 0.993. The van der Waals surface area contributed by atoms with Gasteiger partial charge in [0.05, 0.1) is 32.0 Å². The molecule has 23 unspecified atom stereocenters. The second kappa shape index (κ2) is 21.1. The normalized spacial score (nSPS) is 47.8. The molecule has 0 bridgehead atoms. The van der Waals surface area contributed by atoms with Gasteiger partial charge in [-0.15, -0.1) is 0 Å². The van der Waals surface area contributed by atoms with Crippen LogP contribution >= 0.6 is 0 Å². The summed E-state index contributed by atoms with van der Waals surface area (Å²) in [6, 6.07) is 6.00. The molecule has 0 aromatic heterocycles. The Morgan fingerprint density at radius 3 is 1.95 bits per heavy atom. The fourth-order valence-corrected chi connectivity index (χ4v) is 15.7. The van der Waals surface area contributed by atoms with Crippen molar-refractivity contribution in [1.82, 2.24) is 0 Å². The van der Waals surface area contributed by atoms with E-state index in [9.17, 15) is 61.0 Å². The van der Waals surface area contributed by atoms with Crippen LogP contribution in [-0.4, -0.2) is 186 Å². The molecule has 11 N–H and O–H groups in total. The summed E-state index contributed by atoms with van der Waals surface area (Å²) in [6.45, 7) is 13.8. The molecule has 20 heteroatoms. The van der Waals surface area contributed by atoms with Crippen LogP contribution in [0.4, 0.5) is 0 Å². The number of fused-ring (bicyclic) bond motifs is 7. The molecule has 1 aromatic rings. The SMILES string of the molecule is CC1(C)CCC2(C(=O)OC3OCC(O)C(OC4OC(CO)C(O)C(O)C4O)C3OC(=O)C=Cc3ccc(OC4OC(CO)C(O)C(O)C4O)cc3)C(O)CC3(C)C(=CCC4C5(C)CCC(O)C(C)(C)C5CCC43C)C2C1. The second-order valence-electron chi connectivity index (χ2n) is 25.4. The Morgan fingerprint density at radius 1 is 0.671 bits per heavy atom. The third-order valence-corrected chi connectivity index (χ3v) is 20.5. The zero-order chi connectivity index (χ0) is 55.2. The molecule has 23 atom stereocenters. The van der Waals surface area contributed by atoms with E-state index in [0.717, 1.165) is 43.8 Å².